The molecule has 1 aliphatic carbocycles. The summed E-state index contributed by atoms with van der Waals surface area (Å²) < 4.78 is 5.26. The van der Waals surface area contributed by atoms with Crippen LogP contribution in [0.15, 0.2) is 18.2 Å². The molecule has 0 saturated heterocycles. The van der Waals surface area contributed by atoms with Crippen LogP contribution in [0.25, 0.3) is 0 Å². The summed E-state index contributed by atoms with van der Waals surface area (Å²) in [5, 5.41) is 3.04. The second-order valence-electron chi connectivity index (χ2n) is 5.44. The number of benzene rings is 1. The van der Waals surface area contributed by atoms with Crippen LogP contribution in [-0.2, 0) is 17.8 Å². The first-order valence-electron chi connectivity index (χ1n) is 6.92. The number of carbonyl (C=O) groups is 1. The Labute approximate surface area is 113 Å². The van der Waals surface area contributed by atoms with Gasteiger partial charge in [0, 0.05) is 19.1 Å². The molecule has 0 radical (unpaired) electrons. The number of methoxy groups -OCH3 is 1. The molecular weight excluding hydrogens is 240 g/mol. The van der Waals surface area contributed by atoms with Crippen molar-refractivity contribution in [3.05, 3.63) is 29.3 Å². The number of amides is 1. The second kappa shape index (κ2) is 5.21. The molecule has 0 unspecified atom stereocenters. The molecule has 1 heterocycles. The topological polar surface area (TPSA) is 41.6 Å². The minimum absolute atomic E-state index is 0.161. The first kappa shape index (κ1) is 12.5. The monoisotopic (exact) mass is 260 g/mol. The largest absolute Gasteiger partial charge is 0.497 e. The van der Waals surface area contributed by atoms with E-state index in [1.165, 1.54) is 11.1 Å². The van der Waals surface area contributed by atoms with Gasteiger partial charge in [-0.2, -0.15) is 0 Å². The fourth-order valence-electron chi connectivity index (χ4n) is 2.56. The Bertz CT molecular complexity index is 483. The number of hydrogen-bond donors (Lipinski definition) is 1. The van der Waals surface area contributed by atoms with Crippen LogP contribution < -0.4 is 10.1 Å². The Kier molecular flexibility index (Phi) is 3.42. The first-order valence-corrected chi connectivity index (χ1v) is 6.92. The quantitative estimate of drug-likeness (QED) is 0.888. The van der Waals surface area contributed by atoms with Gasteiger partial charge in [-0.3, -0.25) is 9.69 Å². The fraction of sp³-hybridized carbons (Fsp3) is 0.533. The maximum atomic E-state index is 11.8. The number of nitrogens with zero attached hydrogens (tertiary/aromatic N) is 1. The van der Waals surface area contributed by atoms with Crippen LogP contribution in [0.2, 0.25) is 0 Å². The highest BCUT2D eigenvalue weighted by atomic mass is 16.5. The van der Waals surface area contributed by atoms with Gasteiger partial charge in [0.2, 0.25) is 5.91 Å². The molecule has 0 aromatic heterocycles. The summed E-state index contributed by atoms with van der Waals surface area (Å²) in [6.45, 7) is 2.30. The van der Waals surface area contributed by atoms with E-state index in [2.05, 4.69) is 22.3 Å². The zero-order chi connectivity index (χ0) is 13.2. The third-order valence-corrected chi connectivity index (χ3v) is 3.81. The first-order chi connectivity index (χ1) is 9.24. The maximum Gasteiger partial charge on any atom is 0.234 e. The molecule has 3 rings (SSSR count). The van der Waals surface area contributed by atoms with Crippen molar-refractivity contribution in [2.24, 2.45) is 0 Å². The molecular formula is C15H20N2O2. The van der Waals surface area contributed by atoms with Gasteiger partial charge in [-0.15, -0.1) is 0 Å². The molecule has 1 aliphatic heterocycles. The lowest BCUT2D eigenvalue weighted by atomic mass is 9.99. The molecule has 1 N–H and O–H groups in total. The molecule has 1 aromatic carbocycles. The lowest BCUT2D eigenvalue weighted by Gasteiger charge is -2.28. The SMILES string of the molecule is COc1ccc2c(c1)CN(CC(=O)NC1CC1)CC2. The van der Waals surface area contributed by atoms with Crippen LogP contribution in [0, 0.1) is 0 Å². The van der Waals surface area contributed by atoms with Gasteiger partial charge in [0.15, 0.2) is 0 Å². The number of carbonyl (C=O) groups excluding carboxylic acids is 1. The van der Waals surface area contributed by atoms with Gasteiger partial charge in [0.1, 0.15) is 5.75 Å². The van der Waals surface area contributed by atoms with Gasteiger partial charge in [0.25, 0.3) is 0 Å². The Morgan fingerprint density at radius 1 is 1.42 bits per heavy atom. The normalized spacial score (nSPS) is 18.8. The van der Waals surface area contributed by atoms with E-state index in [9.17, 15) is 4.79 Å². The van der Waals surface area contributed by atoms with Crippen LogP contribution in [-0.4, -0.2) is 37.0 Å². The van der Waals surface area contributed by atoms with Crippen molar-refractivity contribution in [2.75, 3.05) is 20.2 Å². The van der Waals surface area contributed by atoms with E-state index in [0.717, 1.165) is 38.1 Å². The van der Waals surface area contributed by atoms with E-state index in [-0.39, 0.29) is 5.91 Å². The molecule has 1 amide bonds. The van der Waals surface area contributed by atoms with Gasteiger partial charge in [0.05, 0.1) is 13.7 Å². The summed E-state index contributed by atoms with van der Waals surface area (Å²) in [4.78, 5) is 14.0. The zero-order valence-electron chi connectivity index (χ0n) is 11.3. The summed E-state index contributed by atoms with van der Waals surface area (Å²) >= 11 is 0. The Morgan fingerprint density at radius 2 is 2.26 bits per heavy atom. The van der Waals surface area contributed by atoms with Crippen LogP contribution in [0.3, 0.4) is 0 Å². The highest BCUT2D eigenvalue weighted by molar-refractivity contribution is 5.78. The number of nitrogens with one attached hydrogen (secondary N) is 1. The summed E-state index contributed by atoms with van der Waals surface area (Å²) in [5.41, 5.74) is 2.66. The number of fused-ring (bicyclic) bond motifs is 1. The van der Waals surface area contributed by atoms with E-state index in [4.69, 9.17) is 4.74 Å². The third-order valence-electron chi connectivity index (χ3n) is 3.81. The lowest BCUT2D eigenvalue weighted by Crippen LogP contribution is -2.40. The van der Waals surface area contributed by atoms with Crippen LogP contribution in [0.1, 0.15) is 24.0 Å². The Hall–Kier alpha value is -1.55. The van der Waals surface area contributed by atoms with Crippen molar-refractivity contribution >= 4 is 5.91 Å². The van der Waals surface area contributed by atoms with Gasteiger partial charge in [-0.25, -0.2) is 0 Å². The molecule has 19 heavy (non-hydrogen) atoms. The second-order valence-corrected chi connectivity index (χ2v) is 5.44. The van der Waals surface area contributed by atoms with E-state index < -0.39 is 0 Å². The average molecular weight is 260 g/mol. The summed E-state index contributed by atoms with van der Waals surface area (Å²) in [5.74, 6) is 1.05. The van der Waals surface area contributed by atoms with Crippen LogP contribution in [0.4, 0.5) is 0 Å². The average Bonchev–Trinajstić information content (AvgIpc) is 3.21. The summed E-state index contributed by atoms with van der Waals surface area (Å²) in [6, 6.07) is 6.68. The van der Waals surface area contributed by atoms with E-state index in [1.807, 2.05) is 6.07 Å². The minimum Gasteiger partial charge on any atom is -0.497 e. The van der Waals surface area contributed by atoms with Crippen molar-refractivity contribution in [1.29, 1.82) is 0 Å². The number of rotatable bonds is 4. The van der Waals surface area contributed by atoms with Crippen LogP contribution >= 0.6 is 0 Å². The molecule has 2 aliphatic rings. The number of hydrogen-bond acceptors (Lipinski definition) is 3. The predicted octanol–water partition coefficient (Wildman–Crippen LogP) is 1.33. The molecule has 4 heteroatoms. The van der Waals surface area contributed by atoms with E-state index in [1.54, 1.807) is 7.11 Å². The highest BCUT2D eigenvalue weighted by Crippen LogP contribution is 2.24. The van der Waals surface area contributed by atoms with Gasteiger partial charge < -0.3 is 10.1 Å². The van der Waals surface area contributed by atoms with Crippen molar-refractivity contribution in [3.8, 4) is 5.75 Å². The van der Waals surface area contributed by atoms with Crippen molar-refractivity contribution in [3.63, 3.8) is 0 Å². The Balaban J connectivity index is 1.61. The molecule has 102 valence electrons. The molecule has 1 aromatic rings. The van der Waals surface area contributed by atoms with E-state index in [0.29, 0.717) is 12.6 Å². The van der Waals surface area contributed by atoms with Gasteiger partial charge in [-0.1, -0.05) is 6.07 Å². The lowest BCUT2D eigenvalue weighted by molar-refractivity contribution is -0.122. The van der Waals surface area contributed by atoms with E-state index >= 15 is 0 Å². The zero-order valence-corrected chi connectivity index (χ0v) is 11.3. The van der Waals surface area contributed by atoms with Gasteiger partial charge >= 0.3 is 0 Å². The van der Waals surface area contributed by atoms with Gasteiger partial charge in [-0.05, 0) is 42.5 Å². The maximum absolute atomic E-state index is 11.8. The molecule has 0 atom stereocenters. The van der Waals surface area contributed by atoms with Crippen molar-refractivity contribution in [2.45, 2.75) is 31.8 Å². The molecule has 1 fully saturated rings. The minimum atomic E-state index is 0.161. The fourth-order valence-corrected chi connectivity index (χ4v) is 2.56. The standard InChI is InChI=1S/C15H20N2O2/c1-19-14-5-2-11-6-7-17(9-12(11)8-14)10-15(18)16-13-3-4-13/h2,5,8,13H,3-4,6-7,9-10H2,1H3,(H,16,18). The Morgan fingerprint density at radius 3 is 3.00 bits per heavy atom. The smallest absolute Gasteiger partial charge is 0.234 e. The highest BCUT2D eigenvalue weighted by Gasteiger charge is 2.25. The molecule has 0 spiro atoms. The summed E-state index contributed by atoms with van der Waals surface area (Å²) in [7, 11) is 1.69. The van der Waals surface area contributed by atoms with Crippen LogP contribution in [0.5, 0.6) is 5.75 Å². The van der Waals surface area contributed by atoms with Crippen molar-refractivity contribution < 1.29 is 9.53 Å². The predicted molar refractivity (Wildman–Crippen MR) is 73.1 cm³/mol. The molecule has 4 nitrogen and oxygen atoms in total. The van der Waals surface area contributed by atoms with Crippen molar-refractivity contribution in [1.82, 2.24) is 10.2 Å². The molecule has 1 saturated carbocycles. The molecule has 0 bridgehead atoms. The third kappa shape index (κ3) is 3.07. The summed E-state index contributed by atoms with van der Waals surface area (Å²) in [6.07, 6.45) is 3.30. The number of ether oxygens (including phenoxy) is 1.